The second-order valence-corrected chi connectivity index (χ2v) is 21.0. The van der Waals surface area contributed by atoms with Crippen molar-refractivity contribution >= 4 is 81.9 Å². The van der Waals surface area contributed by atoms with Crippen LogP contribution in [0, 0.1) is 0 Å². The first-order chi connectivity index (χ1) is 41.1. The van der Waals surface area contributed by atoms with Crippen LogP contribution >= 0.6 is 0 Å². The number of carbonyl (C=O) groups is 11. The number of imidazole rings is 2. The van der Waals surface area contributed by atoms with E-state index in [-0.39, 0.29) is 63.3 Å². The number of H-pyrrole nitrogens is 3. The van der Waals surface area contributed by atoms with E-state index in [0.29, 0.717) is 17.7 Å². The summed E-state index contributed by atoms with van der Waals surface area (Å²) in [6.07, 6.45) is 0.625. The molecule has 474 valence electrons. The number of aromatic nitrogens is 5. The molecule has 34 nitrogen and oxygen atoms in total. The molecule has 5 rings (SSSR count). The number of aliphatic hydroxyl groups is 3. The van der Waals surface area contributed by atoms with Gasteiger partial charge in [0.2, 0.25) is 59.1 Å². The Bertz CT molecular complexity index is 3070. The van der Waals surface area contributed by atoms with Crippen LogP contribution in [0.4, 0.5) is 0 Å². The molecule has 0 unspecified atom stereocenters. The lowest BCUT2D eigenvalue weighted by Gasteiger charge is -2.31. The maximum Gasteiger partial charge on any atom is 0.305 e. The van der Waals surface area contributed by atoms with Crippen LogP contribution in [-0.2, 0) is 72.0 Å². The Kier molecular flexibility index (Phi) is 25.2. The summed E-state index contributed by atoms with van der Waals surface area (Å²) in [5, 5.41) is 61.3. The van der Waals surface area contributed by atoms with E-state index in [1.807, 2.05) is 0 Å². The molecule has 10 amide bonds. The minimum Gasteiger partial charge on any atom is -0.481 e. The van der Waals surface area contributed by atoms with Gasteiger partial charge in [0.25, 0.3) is 0 Å². The topological polar surface area (TPSA) is 558 Å². The molecular formula is C53H77N19O15. The molecule has 0 aliphatic carbocycles. The third-order valence-corrected chi connectivity index (χ3v) is 14.0. The van der Waals surface area contributed by atoms with Crippen molar-refractivity contribution in [2.45, 2.75) is 158 Å². The molecule has 0 radical (unpaired) electrons. The molecule has 23 N–H and O–H groups in total. The monoisotopic (exact) mass is 1220 g/mol. The molecule has 4 aromatic rings. The van der Waals surface area contributed by atoms with Crippen LogP contribution in [0.15, 0.2) is 60.5 Å². The lowest BCUT2D eigenvalue weighted by atomic mass is 10.0. The van der Waals surface area contributed by atoms with Gasteiger partial charge in [0.05, 0.1) is 43.4 Å². The number of benzene rings is 1. The number of hydrogen-bond acceptors (Lipinski definition) is 18. The maximum absolute atomic E-state index is 14.9. The highest BCUT2D eigenvalue weighted by atomic mass is 16.4. The number of amides is 10. The van der Waals surface area contributed by atoms with Gasteiger partial charge in [0, 0.05) is 73.2 Å². The molecule has 1 aromatic carbocycles. The van der Waals surface area contributed by atoms with Gasteiger partial charge in [-0.3, -0.25) is 57.7 Å². The van der Waals surface area contributed by atoms with Crippen LogP contribution in [-0.4, -0.2) is 213 Å². The number of aliphatic imine (C=N–C) groups is 1. The number of aliphatic carboxylic acids is 1. The lowest BCUT2D eigenvalue weighted by Crippen LogP contribution is -2.63. The van der Waals surface area contributed by atoms with E-state index in [2.05, 4.69) is 72.4 Å². The molecule has 1 fully saturated rings. The Morgan fingerprint density at radius 3 is 1.66 bits per heavy atom. The molecule has 13 atom stereocenters. The van der Waals surface area contributed by atoms with Crippen molar-refractivity contribution in [1.82, 2.24) is 72.4 Å². The van der Waals surface area contributed by atoms with Gasteiger partial charge in [-0.15, -0.1) is 0 Å². The second kappa shape index (κ2) is 32.1. The quantitative estimate of drug-likeness (QED) is 0.0120. The second-order valence-electron chi connectivity index (χ2n) is 21.0. The molecule has 1 aliphatic rings. The number of aromatic amines is 3. The lowest BCUT2D eigenvalue weighted by molar-refractivity contribution is -0.142. The number of nitrogens with two attached hydrogens (primary N) is 4. The highest BCUT2D eigenvalue weighted by molar-refractivity contribution is 6.00. The van der Waals surface area contributed by atoms with Gasteiger partial charge < -0.3 is 106 Å². The van der Waals surface area contributed by atoms with E-state index in [9.17, 15) is 73.2 Å². The first kappa shape index (κ1) is 68.2. The van der Waals surface area contributed by atoms with Gasteiger partial charge in [0.15, 0.2) is 5.96 Å². The van der Waals surface area contributed by atoms with Crippen LogP contribution in [0.25, 0.3) is 10.9 Å². The van der Waals surface area contributed by atoms with Crippen LogP contribution in [0.2, 0.25) is 0 Å². The van der Waals surface area contributed by atoms with Crippen LogP contribution < -0.4 is 65.5 Å². The number of likely N-dealkylation sites (tertiary alicyclic amines) is 1. The van der Waals surface area contributed by atoms with Gasteiger partial charge in [0.1, 0.15) is 54.4 Å². The van der Waals surface area contributed by atoms with E-state index in [0.717, 1.165) is 24.8 Å². The Labute approximate surface area is 497 Å². The molecule has 0 spiro atoms. The number of carbonyl (C=O) groups excluding carboxylic acids is 10. The summed E-state index contributed by atoms with van der Waals surface area (Å²) < 4.78 is 0. The zero-order valence-corrected chi connectivity index (χ0v) is 48.2. The number of nitrogens with zero attached hydrogens (tertiary/aromatic N) is 4. The number of para-hydroxylation sites is 1. The first-order valence-electron chi connectivity index (χ1n) is 27.7. The normalized spacial score (nSPS) is 17.1. The smallest absolute Gasteiger partial charge is 0.305 e. The van der Waals surface area contributed by atoms with E-state index < -0.39 is 150 Å². The predicted molar refractivity (Wildman–Crippen MR) is 307 cm³/mol. The number of guanidine groups is 1. The van der Waals surface area contributed by atoms with Gasteiger partial charge in [-0.25, -0.2) is 9.97 Å². The number of aliphatic hydroxyl groups excluding tert-OH is 3. The average molecular weight is 1220 g/mol. The van der Waals surface area contributed by atoms with Crippen molar-refractivity contribution in [3.8, 4) is 0 Å². The Morgan fingerprint density at radius 2 is 1.13 bits per heavy atom. The van der Waals surface area contributed by atoms with Crippen LogP contribution in [0.1, 0.15) is 76.8 Å². The number of rotatable bonds is 33. The summed E-state index contributed by atoms with van der Waals surface area (Å²) in [6.45, 7) is 4.68. The summed E-state index contributed by atoms with van der Waals surface area (Å²) in [4.78, 5) is 172. The zero-order chi connectivity index (χ0) is 64.2. The Morgan fingerprint density at radius 1 is 0.632 bits per heavy atom. The largest absolute Gasteiger partial charge is 0.481 e. The standard InChI is InChI=1S/C53H77N19O15/c1-24(54)44(79)65-37(18-39(76)77)48(83)70-42(27(4)75)51(86)71-41(26(3)74)50(85)68-36(17-30-21-59-23-63-30)46(81)66-35(16-29-20-58-22-62-29)45(80)64-33(11-7-13-60-53(56)57)52(87)72-14-8-12-38(72)49(84)67-34(47(82)69-40(25(2)73)43(55)78)15-28-19-61-32-10-6-5-9-31(28)32/h5-6,9-10,19-27,33-38,40-42,61,73-75H,7-8,11-18,54H2,1-4H3,(H2,55,78)(H,58,62)(H,59,63)(H,64,80)(H,65,79)(H,66,81)(H,67,84)(H,68,85)(H,69,82)(H,70,83)(H,71,86)(H,76,77)(H4,56,57,60)/t24-,25+,26+,27+,33-,34-,35-,36-,37-,38-,40-,41-,42-/m0/s1. The summed E-state index contributed by atoms with van der Waals surface area (Å²) in [6, 6.07) is -8.43. The van der Waals surface area contributed by atoms with Crippen molar-refractivity contribution in [2.24, 2.45) is 27.9 Å². The van der Waals surface area contributed by atoms with Crippen molar-refractivity contribution in [2.75, 3.05) is 13.1 Å². The van der Waals surface area contributed by atoms with Gasteiger partial charge in [-0.05, 0) is 65.0 Å². The molecule has 34 heteroatoms. The fourth-order valence-corrected chi connectivity index (χ4v) is 9.40. The van der Waals surface area contributed by atoms with Crippen molar-refractivity contribution in [3.63, 3.8) is 0 Å². The average Bonchev–Trinajstić information content (AvgIpc) is 2.90. The summed E-state index contributed by atoms with van der Waals surface area (Å²) >= 11 is 0. The summed E-state index contributed by atoms with van der Waals surface area (Å²) in [7, 11) is 0. The van der Waals surface area contributed by atoms with Gasteiger partial charge in [-0.1, -0.05) is 18.2 Å². The van der Waals surface area contributed by atoms with Crippen molar-refractivity contribution < 1.29 is 73.2 Å². The van der Waals surface area contributed by atoms with Crippen LogP contribution in [0.3, 0.4) is 0 Å². The molecule has 87 heavy (non-hydrogen) atoms. The zero-order valence-electron chi connectivity index (χ0n) is 48.2. The summed E-state index contributed by atoms with van der Waals surface area (Å²) in [5.41, 5.74) is 24.1. The number of fused-ring (bicyclic) bond motifs is 1. The SMILES string of the molecule is C[C@H](N)C(=O)N[C@@H](CC(=O)O)C(=O)N[C@H](C(=O)N[C@H](C(=O)N[C@@H](Cc1cnc[nH]1)C(=O)N[C@@H](Cc1cnc[nH]1)C(=O)N[C@@H](CCCN=C(N)N)C(=O)N1CCC[C@H]1C(=O)N[C@@H](Cc1c[nH]c2ccccc12)C(=O)N[C@H](C(N)=O)[C@@H](C)O)[C@@H](C)O)[C@@H](C)O. The molecule has 0 saturated carbocycles. The minimum atomic E-state index is -1.93. The summed E-state index contributed by atoms with van der Waals surface area (Å²) in [5.74, 6) is -11.8. The van der Waals surface area contributed by atoms with Gasteiger partial charge in [-0.2, -0.15) is 0 Å². The van der Waals surface area contributed by atoms with E-state index in [1.165, 1.54) is 43.8 Å². The molecule has 4 heterocycles. The Balaban J connectivity index is 1.40. The van der Waals surface area contributed by atoms with E-state index in [4.69, 9.17) is 22.9 Å². The number of carboxylic acids is 1. The molecule has 3 aromatic heterocycles. The number of nitrogens with one attached hydrogen (secondary N) is 11. The number of primary amides is 1. The number of hydrogen-bond donors (Lipinski definition) is 19. The van der Waals surface area contributed by atoms with Crippen molar-refractivity contribution in [3.05, 3.63) is 72.5 Å². The minimum absolute atomic E-state index is 0.00925. The number of carboxylic acid groups (broad SMARTS) is 1. The van der Waals surface area contributed by atoms with E-state index >= 15 is 0 Å². The molecule has 1 aliphatic heterocycles. The highest BCUT2D eigenvalue weighted by Crippen LogP contribution is 2.23. The third kappa shape index (κ3) is 20.0. The molecular weight excluding hydrogens is 1140 g/mol. The van der Waals surface area contributed by atoms with E-state index in [1.54, 1.807) is 30.5 Å². The molecule has 0 bridgehead atoms. The van der Waals surface area contributed by atoms with Crippen LogP contribution in [0.5, 0.6) is 0 Å². The fraction of sp³-hybridized carbons (Fsp3) is 0.509. The van der Waals surface area contributed by atoms with Gasteiger partial charge >= 0.3 is 5.97 Å². The fourth-order valence-electron chi connectivity index (χ4n) is 9.40. The van der Waals surface area contributed by atoms with Crippen molar-refractivity contribution in [1.29, 1.82) is 0 Å². The predicted octanol–water partition coefficient (Wildman–Crippen LogP) is -6.99. The molecule has 1 saturated heterocycles. The first-order valence-corrected chi connectivity index (χ1v) is 27.7. The Hall–Kier alpha value is -9.54. The maximum atomic E-state index is 14.9. The highest BCUT2D eigenvalue weighted by Gasteiger charge is 2.42. The third-order valence-electron chi connectivity index (χ3n) is 14.0.